The third-order valence-electron chi connectivity index (χ3n) is 2.20. The summed E-state index contributed by atoms with van der Waals surface area (Å²) in [7, 11) is 1.92. The zero-order valence-corrected chi connectivity index (χ0v) is 9.12. The molecule has 0 spiro atoms. The molecule has 1 aromatic carbocycles. The van der Waals surface area contributed by atoms with Crippen molar-refractivity contribution in [3.05, 3.63) is 28.8 Å². The summed E-state index contributed by atoms with van der Waals surface area (Å²) in [6.45, 7) is 2.14. The summed E-state index contributed by atoms with van der Waals surface area (Å²) >= 11 is 7.82. The maximum Gasteiger partial charge on any atom is 0.0608 e. The number of benzene rings is 1. The molecule has 1 aliphatic heterocycles. The zero-order valence-electron chi connectivity index (χ0n) is 7.54. The lowest BCUT2D eigenvalue weighted by atomic mass is 10.1. The van der Waals surface area contributed by atoms with Crippen molar-refractivity contribution in [1.82, 2.24) is 9.84 Å². The van der Waals surface area contributed by atoms with E-state index in [4.69, 9.17) is 11.6 Å². The number of halogens is 1. The van der Waals surface area contributed by atoms with E-state index in [1.54, 1.807) is 11.9 Å². The van der Waals surface area contributed by atoms with Gasteiger partial charge in [-0.05, 0) is 38.1 Å². The number of rotatable bonds is 1. The lowest BCUT2D eigenvalue weighted by molar-refractivity contribution is 0.323. The number of fused-ring (bicyclic) bond motifs is 1. The van der Waals surface area contributed by atoms with Crippen LogP contribution < -0.4 is 5.43 Å². The molecular formula is C9H11ClN2S. The van der Waals surface area contributed by atoms with Gasteiger partial charge >= 0.3 is 0 Å². The molecule has 1 N–H and O–H groups in total. The van der Waals surface area contributed by atoms with E-state index in [0.29, 0.717) is 6.04 Å². The highest BCUT2D eigenvalue weighted by molar-refractivity contribution is 7.97. The summed E-state index contributed by atoms with van der Waals surface area (Å²) < 4.78 is 2.09. The lowest BCUT2D eigenvalue weighted by Gasteiger charge is -2.17. The van der Waals surface area contributed by atoms with Gasteiger partial charge in [0.1, 0.15) is 0 Å². The summed E-state index contributed by atoms with van der Waals surface area (Å²) in [5.74, 6) is 0. The second kappa shape index (κ2) is 3.50. The monoisotopic (exact) mass is 214 g/mol. The van der Waals surface area contributed by atoms with Crippen LogP contribution in [0.25, 0.3) is 0 Å². The van der Waals surface area contributed by atoms with Crippen LogP contribution in [0.5, 0.6) is 0 Å². The van der Waals surface area contributed by atoms with Gasteiger partial charge < -0.3 is 0 Å². The van der Waals surface area contributed by atoms with Gasteiger partial charge in [0.25, 0.3) is 0 Å². The Kier molecular flexibility index (Phi) is 2.51. The van der Waals surface area contributed by atoms with Gasteiger partial charge in [-0.15, -0.1) is 0 Å². The molecule has 0 saturated carbocycles. The van der Waals surface area contributed by atoms with Crippen molar-refractivity contribution < 1.29 is 0 Å². The Hall–Kier alpha value is -0.220. The van der Waals surface area contributed by atoms with Gasteiger partial charge in [0.15, 0.2) is 0 Å². The average molecular weight is 215 g/mol. The largest absolute Gasteiger partial charge is 0.248 e. The molecule has 0 aliphatic carbocycles. The molecule has 1 unspecified atom stereocenters. The maximum atomic E-state index is 6.12. The van der Waals surface area contributed by atoms with Crippen molar-refractivity contribution in [3.8, 4) is 0 Å². The third kappa shape index (κ3) is 1.46. The highest BCUT2D eigenvalue weighted by atomic mass is 35.5. The molecule has 0 saturated heterocycles. The highest BCUT2D eigenvalue weighted by Crippen LogP contribution is 2.45. The second-order valence-electron chi connectivity index (χ2n) is 2.97. The lowest BCUT2D eigenvalue weighted by Crippen LogP contribution is -2.27. The molecule has 1 aliphatic rings. The van der Waals surface area contributed by atoms with Crippen molar-refractivity contribution in [2.45, 2.75) is 17.9 Å². The van der Waals surface area contributed by atoms with Gasteiger partial charge in [0.2, 0.25) is 0 Å². The minimum absolute atomic E-state index is 0.332. The zero-order chi connectivity index (χ0) is 9.42. The van der Waals surface area contributed by atoms with Crippen LogP contribution in [0.4, 0.5) is 0 Å². The number of hydrogen-bond acceptors (Lipinski definition) is 3. The molecule has 4 heteroatoms. The smallest absolute Gasteiger partial charge is 0.0608 e. The fourth-order valence-electron chi connectivity index (χ4n) is 1.54. The summed E-state index contributed by atoms with van der Waals surface area (Å²) in [6, 6.07) is 6.36. The summed E-state index contributed by atoms with van der Waals surface area (Å²) in [6.07, 6.45) is 0. The Labute approximate surface area is 87.4 Å². The van der Waals surface area contributed by atoms with Gasteiger partial charge in [-0.25, -0.2) is 5.43 Å². The predicted molar refractivity (Wildman–Crippen MR) is 56.6 cm³/mol. The van der Waals surface area contributed by atoms with E-state index in [-0.39, 0.29) is 0 Å². The van der Waals surface area contributed by atoms with Crippen LogP contribution in [-0.4, -0.2) is 11.5 Å². The van der Waals surface area contributed by atoms with E-state index in [9.17, 15) is 0 Å². The van der Waals surface area contributed by atoms with Crippen molar-refractivity contribution >= 4 is 23.5 Å². The Morgan fingerprint density at radius 3 is 2.92 bits per heavy atom. The normalized spacial score (nSPS) is 21.9. The number of hydrogen-bond donors (Lipinski definition) is 1. The molecule has 13 heavy (non-hydrogen) atoms. The van der Waals surface area contributed by atoms with Crippen LogP contribution in [0.2, 0.25) is 5.02 Å². The first-order valence-electron chi connectivity index (χ1n) is 4.17. The molecule has 0 aromatic heterocycles. The van der Waals surface area contributed by atoms with E-state index in [1.165, 1.54) is 10.5 Å². The maximum absolute atomic E-state index is 6.12. The number of nitrogens with zero attached hydrogens (tertiary/aromatic N) is 1. The van der Waals surface area contributed by atoms with E-state index >= 15 is 0 Å². The summed E-state index contributed by atoms with van der Waals surface area (Å²) in [5, 5.41) is 0.857. The molecule has 1 atom stereocenters. The Morgan fingerprint density at radius 1 is 1.54 bits per heavy atom. The van der Waals surface area contributed by atoms with Crippen molar-refractivity contribution in [1.29, 1.82) is 0 Å². The number of nitrogens with one attached hydrogen (secondary N) is 1. The third-order valence-corrected chi connectivity index (χ3v) is 3.78. The van der Waals surface area contributed by atoms with E-state index in [1.807, 2.05) is 19.2 Å². The van der Waals surface area contributed by atoms with Gasteiger partial charge in [0, 0.05) is 15.5 Å². The summed E-state index contributed by atoms with van der Waals surface area (Å²) in [5.41, 5.74) is 4.35. The van der Waals surface area contributed by atoms with E-state index in [0.717, 1.165) is 5.02 Å². The number of hydrazine groups is 1. The van der Waals surface area contributed by atoms with Crippen LogP contribution >= 0.6 is 23.5 Å². The van der Waals surface area contributed by atoms with Crippen LogP contribution in [0.1, 0.15) is 18.5 Å². The van der Waals surface area contributed by atoms with Gasteiger partial charge in [-0.2, -0.15) is 4.41 Å². The second-order valence-corrected chi connectivity index (χ2v) is 4.39. The van der Waals surface area contributed by atoms with Crippen molar-refractivity contribution in [2.24, 2.45) is 0 Å². The molecule has 1 aromatic rings. The standard InChI is InChI=1S/C9H11ClN2S/c1-6-9-7(10)4-3-5-8(9)13-12(6)11-2/h3-6,11H,1-2H3. The fraction of sp³-hybridized carbons (Fsp3) is 0.333. The predicted octanol–water partition coefficient (Wildman–Crippen LogP) is 2.86. The van der Waals surface area contributed by atoms with Crippen LogP contribution in [0.3, 0.4) is 0 Å². The fourth-order valence-corrected chi connectivity index (χ4v) is 3.02. The minimum Gasteiger partial charge on any atom is -0.248 e. The highest BCUT2D eigenvalue weighted by Gasteiger charge is 2.28. The molecule has 0 fully saturated rings. The first-order valence-corrected chi connectivity index (χ1v) is 5.32. The Balaban J connectivity index is 2.44. The molecule has 0 radical (unpaired) electrons. The molecule has 1 heterocycles. The molecule has 2 nitrogen and oxygen atoms in total. The van der Waals surface area contributed by atoms with Gasteiger partial charge in [-0.3, -0.25) is 0 Å². The van der Waals surface area contributed by atoms with Crippen molar-refractivity contribution in [3.63, 3.8) is 0 Å². The van der Waals surface area contributed by atoms with E-state index in [2.05, 4.69) is 22.8 Å². The Bertz CT molecular complexity index is 329. The summed E-state index contributed by atoms with van der Waals surface area (Å²) in [4.78, 5) is 1.24. The molecule has 0 bridgehead atoms. The van der Waals surface area contributed by atoms with Gasteiger partial charge in [0.05, 0.1) is 6.04 Å². The van der Waals surface area contributed by atoms with Crippen LogP contribution in [-0.2, 0) is 0 Å². The average Bonchev–Trinajstić information content (AvgIpc) is 2.44. The van der Waals surface area contributed by atoms with Gasteiger partial charge in [-0.1, -0.05) is 17.7 Å². The molecular weight excluding hydrogens is 204 g/mol. The SMILES string of the molecule is CNN1Sc2cccc(Cl)c2C1C. The first-order chi connectivity index (χ1) is 6.24. The quantitative estimate of drug-likeness (QED) is 0.724. The van der Waals surface area contributed by atoms with Crippen LogP contribution in [0, 0.1) is 0 Å². The first kappa shape index (κ1) is 9.34. The van der Waals surface area contributed by atoms with Crippen molar-refractivity contribution in [2.75, 3.05) is 7.05 Å². The van der Waals surface area contributed by atoms with Crippen LogP contribution in [0.15, 0.2) is 23.1 Å². The van der Waals surface area contributed by atoms with E-state index < -0.39 is 0 Å². The topological polar surface area (TPSA) is 15.3 Å². The molecule has 2 rings (SSSR count). The Morgan fingerprint density at radius 2 is 2.31 bits per heavy atom. The minimum atomic E-state index is 0.332. The molecule has 0 amide bonds. The molecule has 70 valence electrons.